The molecule has 0 aliphatic rings. The van der Waals surface area contributed by atoms with Crippen LogP contribution >= 0.6 is 25.3 Å². The van der Waals surface area contributed by atoms with Crippen molar-refractivity contribution in [1.29, 1.82) is 0 Å². The molecule has 0 radical (unpaired) electrons. The molecule has 0 aliphatic heterocycles. The standard InChI is InChI=1S/C21H44S2/c22-20-18-16-14-12-10-8-6-4-2-1-3-5-7-9-11-13-15-17-19-21-23/h22-23H,1-21H2. The lowest BCUT2D eigenvalue weighted by molar-refractivity contribution is 0.525. The zero-order chi connectivity index (χ0) is 16.8. The summed E-state index contributed by atoms with van der Waals surface area (Å²) in [6.07, 6.45) is 27.3. The quantitative estimate of drug-likeness (QED) is 0.158. The van der Waals surface area contributed by atoms with E-state index >= 15 is 0 Å². The third-order valence-corrected chi connectivity index (χ3v) is 5.45. The fraction of sp³-hybridized carbons (Fsp3) is 1.00. The van der Waals surface area contributed by atoms with Crippen LogP contribution in [0.3, 0.4) is 0 Å². The maximum Gasteiger partial charge on any atom is -0.00979 e. The fourth-order valence-corrected chi connectivity index (χ4v) is 3.68. The molecule has 0 atom stereocenters. The molecule has 0 aliphatic carbocycles. The first-order chi connectivity index (χ1) is 11.4. The van der Waals surface area contributed by atoms with Crippen LogP contribution in [0.2, 0.25) is 0 Å². The molecule has 0 saturated heterocycles. The highest BCUT2D eigenvalue weighted by Gasteiger charge is 1.95. The topological polar surface area (TPSA) is 0 Å². The van der Waals surface area contributed by atoms with Gasteiger partial charge in [0, 0.05) is 0 Å². The number of hydrogen-bond donors (Lipinski definition) is 2. The SMILES string of the molecule is SCCCCCCCCCCCCCCCCCCCCCS. The summed E-state index contributed by atoms with van der Waals surface area (Å²) in [4.78, 5) is 0. The Labute approximate surface area is 158 Å². The average Bonchev–Trinajstić information content (AvgIpc) is 2.57. The second-order valence-corrected chi connectivity index (χ2v) is 8.06. The molecule has 0 heterocycles. The van der Waals surface area contributed by atoms with E-state index in [9.17, 15) is 0 Å². The highest BCUT2D eigenvalue weighted by atomic mass is 32.1. The van der Waals surface area contributed by atoms with Gasteiger partial charge in [-0.3, -0.25) is 0 Å². The van der Waals surface area contributed by atoms with Gasteiger partial charge < -0.3 is 0 Å². The molecule has 0 aromatic heterocycles. The molecule has 140 valence electrons. The average molecular weight is 361 g/mol. The van der Waals surface area contributed by atoms with Gasteiger partial charge in [0.2, 0.25) is 0 Å². The molecule has 0 saturated carbocycles. The van der Waals surface area contributed by atoms with Gasteiger partial charge in [-0.2, -0.15) is 25.3 Å². The molecule has 0 amide bonds. The van der Waals surface area contributed by atoms with Gasteiger partial charge in [0.1, 0.15) is 0 Å². The molecule has 0 N–H and O–H groups in total. The summed E-state index contributed by atoms with van der Waals surface area (Å²) in [5, 5.41) is 0. The molecule has 0 aromatic rings. The predicted molar refractivity (Wildman–Crippen MR) is 115 cm³/mol. The monoisotopic (exact) mass is 360 g/mol. The van der Waals surface area contributed by atoms with Gasteiger partial charge in [0.15, 0.2) is 0 Å². The molecule has 0 fully saturated rings. The van der Waals surface area contributed by atoms with Gasteiger partial charge >= 0.3 is 0 Å². The van der Waals surface area contributed by atoms with Gasteiger partial charge in [-0.1, -0.05) is 109 Å². The minimum absolute atomic E-state index is 1.07. The molecule has 2 heteroatoms. The second kappa shape index (κ2) is 22.7. The Morgan fingerprint density at radius 2 is 0.348 bits per heavy atom. The zero-order valence-corrected chi connectivity index (χ0v) is 17.5. The van der Waals surface area contributed by atoms with Crippen molar-refractivity contribution in [1.82, 2.24) is 0 Å². The van der Waals surface area contributed by atoms with Crippen LogP contribution in [0, 0.1) is 0 Å². The van der Waals surface area contributed by atoms with Crippen LogP contribution < -0.4 is 0 Å². The van der Waals surface area contributed by atoms with Crippen molar-refractivity contribution >= 4 is 25.3 Å². The molecule has 23 heavy (non-hydrogen) atoms. The number of unbranched alkanes of at least 4 members (excludes halogenated alkanes) is 18. The van der Waals surface area contributed by atoms with Crippen LogP contribution in [0.5, 0.6) is 0 Å². The molecular weight excluding hydrogens is 316 g/mol. The van der Waals surface area contributed by atoms with E-state index in [1.165, 1.54) is 122 Å². The molecule has 0 rings (SSSR count). The smallest absolute Gasteiger partial charge is 0.00979 e. The minimum Gasteiger partial charge on any atom is -0.179 e. The molecule has 0 aromatic carbocycles. The summed E-state index contributed by atoms with van der Waals surface area (Å²) in [6.45, 7) is 0. The first kappa shape index (κ1) is 23.7. The maximum absolute atomic E-state index is 4.26. The highest BCUT2D eigenvalue weighted by molar-refractivity contribution is 7.80. The summed E-state index contributed by atoms with van der Waals surface area (Å²) in [5.41, 5.74) is 0. The van der Waals surface area contributed by atoms with Crippen LogP contribution in [0.25, 0.3) is 0 Å². The van der Waals surface area contributed by atoms with E-state index in [-0.39, 0.29) is 0 Å². The van der Waals surface area contributed by atoms with Crippen molar-refractivity contribution in [2.45, 2.75) is 122 Å². The highest BCUT2D eigenvalue weighted by Crippen LogP contribution is 2.14. The molecule has 0 spiro atoms. The van der Waals surface area contributed by atoms with Gasteiger partial charge in [-0.05, 0) is 24.3 Å². The summed E-state index contributed by atoms with van der Waals surface area (Å²) in [5.74, 6) is 2.13. The number of hydrogen-bond acceptors (Lipinski definition) is 2. The van der Waals surface area contributed by atoms with Crippen molar-refractivity contribution in [3.05, 3.63) is 0 Å². The fourth-order valence-electron chi connectivity index (χ4n) is 3.23. The Kier molecular flexibility index (Phi) is 23.4. The predicted octanol–water partition coefficient (Wildman–Crippen LogP) is 8.26. The first-order valence-corrected chi connectivity index (χ1v) is 11.9. The Hall–Kier alpha value is 0.700. The summed E-state index contributed by atoms with van der Waals surface area (Å²) in [6, 6.07) is 0. The van der Waals surface area contributed by atoms with Crippen molar-refractivity contribution in [3.63, 3.8) is 0 Å². The largest absolute Gasteiger partial charge is 0.179 e. The van der Waals surface area contributed by atoms with E-state index in [0.717, 1.165) is 11.5 Å². The van der Waals surface area contributed by atoms with Crippen LogP contribution in [0.1, 0.15) is 122 Å². The Morgan fingerprint density at radius 1 is 0.217 bits per heavy atom. The lowest BCUT2D eigenvalue weighted by Gasteiger charge is -2.03. The normalized spacial score (nSPS) is 11.2. The van der Waals surface area contributed by atoms with Crippen molar-refractivity contribution in [2.75, 3.05) is 11.5 Å². The van der Waals surface area contributed by atoms with E-state index in [2.05, 4.69) is 25.3 Å². The molecule has 0 nitrogen and oxygen atoms in total. The third-order valence-electron chi connectivity index (χ3n) is 4.82. The zero-order valence-electron chi connectivity index (χ0n) is 15.7. The maximum atomic E-state index is 4.26. The van der Waals surface area contributed by atoms with E-state index in [1.54, 1.807) is 0 Å². The van der Waals surface area contributed by atoms with Crippen LogP contribution in [-0.4, -0.2) is 11.5 Å². The van der Waals surface area contributed by atoms with Crippen molar-refractivity contribution in [2.24, 2.45) is 0 Å². The Morgan fingerprint density at radius 3 is 0.478 bits per heavy atom. The van der Waals surface area contributed by atoms with Crippen LogP contribution in [-0.2, 0) is 0 Å². The van der Waals surface area contributed by atoms with E-state index in [1.807, 2.05) is 0 Å². The van der Waals surface area contributed by atoms with Crippen LogP contribution in [0.4, 0.5) is 0 Å². The Bertz CT molecular complexity index is 174. The summed E-state index contributed by atoms with van der Waals surface area (Å²) in [7, 11) is 0. The Balaban J connectivity index is 2.92. The third kappa shape index (κ3) is 22.7. The van der Waals surface area contributed by atoms with E-state index in [0.29, 0.717) is 0 Å². The molecule has 0 unspecified atom stereocenters. The van der Waals surface area contributed by atoms with Crippen LogP contribution in [0.15, 0.2) is 0 Å². The molecule has 0 bridgehead atoms. The summed E-state index contributed by atoms with van der Waals surface area (Å²) < 4.78 is 0. The summed E-state index contributed by atoms with van der Waals surface area (Å²) >= 11 is 8.51. The number of rotatable bonds is 20. The molecular formula is C21H44S2. The lowest BCUT2D eigenvalue weighted by atomic mass is 10.0. The lowest BCUT2D eigenvalue weighted by Crippen LogP contribution is -1.84. The van der Waals surface area contributed by atoms with Gasteiger partial charge in [-0.15, -0.1) is 0 Å². The van der Waals surface area contributed by atoms with E-state index < -0.39 is 0 Å². The number of thiol groups is 2. The van der Waals surface area contributed by atoms with Gasteiger partial charge in [-0.25, -0.2) is 0 Å². The second-order valence-electron chi connectivity index (χ2n) is 7.16. The van der Waals surface area contributed by atoms with Gasteiger partial charge in [0.05, 0.1) is 0 Å². The van der Waals surface area contributed by atoms with Crippen molar-refractivity contribution in [3.8, 4) is 0 Å². The van der Waals surface area contributed by atoms with Gasteiger partial charge in [0.25, 0.3) is 0 Å². The van der Waals surface area contributed by atoms with Crippen molar-refractivity contribution < 1.29 is 0 Å². The first-order valence-electron chi connectivity index (χ1n) is 10.6. The van der Waals surface area contributed by atoms with E-state index in [4.69, 9.17) is 0 Å². The minimum atomic E-state index is 1.07.